The lowest BCUT2D eigenvalue weighted by Crippen LogP contribution is -2.65. The van der Waals surface area contributed by atoms with E-state index in [1.807, 2.05) is 12.1 Å². The molecule has 1 aromatic carbocycles. The van der Waals surface area contributed by atoms with Gasteiger partial charge in [0.15, 0.2) is 0 Å². The second-order valence-electron chi connectivity index (χ2n) is 4.63. The molecule has 0 spiro atoms. The average molecular weight is 234 g/mol. The third-order valence-electron chi connectivity index (χ3n) is 3.16. The molecule has 0 saturated carbocycles. The van der Waals surface area contributed by atoms with Crippen LogP contribution in [-0.2, 0) is 11.2 Å². The fourth-order valence-corrected chi connectivity index (χ4v) is 2.15. The Morgan fingerprint density at radius 1 is 1.53 bits per heavy atom. The summed E-state index contributed by atoms with van der Waals surface area (Å²) >= 11 is 0. The van der Waals surface area contributed by atoms with Crippen molar-refractivity contribution in [2.24, 2.45) is 0 Å². The van der Waals surface area contributed by atoms with Crippen molar-refractivity contribution in [2.75, 3.05) is 18.4 Å². The van der Waals surface area contributed by atoms with Crippen molar-refractivity contribution in [2.45, 2.75) is 25.3 Å². The van der Waals surface area contributed by atoms with E-state index in [4.69, 9.17) is 5.11 Å². The maximum absolute atomic E-state index is 10.9. The van der Waals surface area contributed by atoms with Gasteiger partial charge in [-0.15, -0.1) is 0 Å². The summed E-state index contributed by atoms with van der Waals surface area (Å²) in [7, 11) is 0. The monoisotopic (exact) mass is 234 g/mol. The Morgan fingerprint density at radius 3 is 2.82 bits per heavy atom. The number of rotatable bonds is 5. The molecule has 1 heterocycles. The van der Waals surface area contributed by atoms with Crippen molar-refractivity contribution in [3.05, 3.63) is 29.8 Å². The molecule has 0 aromatic heterocycles. The van der Waals surface area contributed by atoms with Gasteiger partial charge in [-0.3, -0.25) is 4.79 Å². The number of anilines is 1. The van der Waals surface area contributed by atoms with Crippen molar-refractivity contribution in [1.29, 1.82) is 0 Å². The number of aryl methyl sites for hydroxylation is 1. The normalized spacial score (nSPS) is 17.2. The van der Waals surface area contributed by atoms with Gasteiger partial charge in [0.25, 0.3) is 0 Å². The van der Waals surface area contributed by atoms with Gasteiger partial charge < -0.3 is 15.7 Å². The lowest BCUT2D eigenvalue weighted by atomic mass is 9.88. The molecule has 17 heavy (non-hydrogen) atoms. The van der Waals surface area contributed by atoms with E-state index in [0.29, 0.717) is 13.1 Å². The molecule has 0 bridgehead atoms. The lowest BCUT2D eigenvalue weighted by molar-refractivity contribution is -0.138. The van der Waals surface area contributed by atoms with Crippen molar-refractivity contribution in [3.63, 3.8) is 0 Å². The minimum absolute atomic E-state index is 0.149. The predicted octanol–water partition coefficient (Wildman–Crippen LogP) is 1.48. The third kappa shape index (κ3) is 2.77. The molecule has 4 heteroatoms. The van der Waals surface area contributed by atoms with Crippen LogP contribution in [0, 0.1) is 0 Å². The van der Waals surface area contributed by atoms with Crippen LogP contribution in [-0.4, -0.2) is 29.7 Å². The molecule has 0 atom stereocenters. The van der Waals surface area contributed by atoms with Gasteiger partial charge in [0, 0.05) is 18.8 Å². The van der Waals surface area contributed by atoms with Gasteiger partial charge in [-0.1, -0.05) is 19.1 Å². The molecule has 0 amide bonds. The molecule has 0 unspecified atom stereocenters. The van der Waals surface area contributed by atoms with Crippen molar-refractivity contribution >= 4 is 11.7 Å². The van der Waals surface area contributed by atoms with Crippen molar-refractivity contribution in [1.82, 2.24) is 5.32 Å². The summed E-state index contributed by atoms with van der Waals surface area (Å²) in [5.41, 5.74) is 1.94. The standard InChI is InChI=1S/C13H18N2O2/c1-2-10-4-3-5-11(6-10)15-13(7-12(16)17)8-14-9-13/h3-6,14-15H,2,7-9H2,1H3,(H,16,17). The molecule has 0 aliphatic carbocycles. The van der Waals surface area contributed by atoms with Crippen molar-refractivity contribution in [3.8, 4) is 0 Å². The Bertz CT molecular complexity index is 414. The zero-order chi connectivity index (χ0) is 12.3. The van der Waals surface area contributed by atoms with Gasteiger partial charge in [0.05, 0.1) is 12.0 Å². The highest BCUT2D eigenvalue weighted by atomic mass is 16.4. The molecule has 1 fully saturated rings. The first-order valence-electron chi connectivity index (χ1n) is 5.93. The highest BCUT2D eigenvalue weighted by Gasteiger charge is 2.38. The van der Waals surface area contributed by atoms with Gasteiger partial charge in [-0.25, -0.2) is 0 Å². The van der Waals surface area contributed by atoms with Crippen LogP contribution in [0.15, 0.2) is 24.3 Å². The number of carbonyl (C=O) groups is 1. The van der Waals surface area contributed by atoms with E-state index in [1.54, 1.807) is 0 Å². The minimum atomic E-state index is -0.759. The largest absolute Gasteiger partial charge is 0.481 e. The molecule has 2 rings (SSSR count). The van der Waals surface area contributed by atoms with Gasteiger partial charge in [-0.05, 0) is 24.1 Å². The van der Waals surface area contributed by atoms with Gasteiger partial charge in [0.2, 0.25) is 0 Å². The SMILES string of the molecule is CCc1cccc(NC2(CC(=O)O)CNC2)c1. The summed E-state index contributed by atoms with van der Waals surface area (Å²) in [6, 6.07) is 8.15. The molecule has 1 aliphatic heterocycles. The summed E-state index contributed by atoms with van der Waals surface area (Å²) < 4.78 is 0. The highest BCUT2D eigenvalue weighted by Crippen LogP contribution is 2.23. The topological polar surface area (TPSA) is 61.4 Å². The zero-order valence-corrected chi connectivity index (χ0v) is 9.99. The first-order valence-corrected chi connectivity index (χ1v) is 5.93. The second kappa shape index (κ2) is 4.75. The molecular formula is C13H18N2O2. The van der Waals surface area contributed by atoms with E-state index in [2.05, 4.69) is 29.7 Å². The van der Waals surface area contributed by atoms with Crippen molar-refractivity contribution < 1.29 is 9.90 Å². The van der Waals surface area contributed by atoms with E-state index < -0.39 is 5.97 Å². The molecule has 1 aliphatic rings. The second-order valence-corrected chi connectivity index (χ2v) is 4.63. The van der Waals surface area contributed by atoms with E-state index in [-0.39, 0.29) is 12.0 Å². The summed E-state index contributed by atoms with van der Waals surface area (Å²) in [4.78, 5) is 10.9. The summed E-state index contributed by atoms with van der Waals surface area (Å²) in [5.74, 6) is -0.759. The first kappa shape index (κ1) is 11.9. The molecule has 1 aromatic rings. The number of nitrogens with one attached hydrogen (secondary N) is 2. The Morgan fingerprint density at radius 2 is 2.29 bits per heavy atom. The molecular weight excluding hydrogens is 216 g/mol. The Balaban J connectivity index is 2.09. The first-order chi connectivity index (χ1) is 8.13. The number of aliphatic carboxylic acids is 1. The highest BCUT2D eigenvalue weighted by molar-refractivity contribution is 5.70. The smallest absolute Gasteiger partial charge is 0.305 e. The number of carboxylic acids is 1. The van der Waals surface area contributed by atoms with Crippen LogP contribution in [0.25, 0.3) is 0 Å². The third-order valence-corrected chi connectivity index (χ3v) is 3.16. The molecule has 92 valence electrons. The minimum Gasteiger partial charge on any atom is -0.481 e. The quantitative estimate of drug-likeness (QED) is 0.722. The molecule has 0 radical (unpaired) electrons. The predicted molar refractivity (Wildman–Crippen MR) is 67.3 cm³/mol. The van der Waals surface area contributed by atoms with Crippen LogP contribution in [0.1, 0.15) is 18.9 Å². The van der Waals surface area contributed by atoms with Gasteiger partial charge in [-0.2, -0.15) is 0 Å². The summed E-state index contributed by atoms with van der Waals surface area (Å²) in [6.07, 6.45) is 1.13. The van der Waals surface area contributed by atoms with Gasteiger partial charge >= 0.3 is 5.97 Å². The number of benzene rings is 1. The van der Waals surface area contributed by atoms with Crippen LogP contribution in [0.2, 0.25) is 0 Å². The van der Waals surface area contributed by atoms with E-state index in [0.717, 1.165) is 12.1 Å². The zero-order valence-electron chi connectivity index (χ0n) is 9.99. The van der Waals surface area contributed by atoms with Gasteiger partial charge in [0.1, 0.15) is 0 Å². The Hall–Kier alpha value is -1.55. The number of hydrogen-bond donors (Lipinski definition) is 3. The fraction of sp³-hybridized carbons (Fsp3) is 0.462. The Labute approximate surface area is 101 Å². The molecule has 1 saturated heterocycles. The average Bonchev–Trinajstić information content (AvgIpc) is 2.26. The number of carboxylic acid groups (broad SMARTS) is 1. The molecule has 4 nitrogen and oxygen atoms in total. The fourth-order valence-electron chi connectivity index (χ4n) is 2.15. The van der Waals surface area contributed by atoms with Crippen LogP contribution < -0.4 is 10.6 Å². The molecule has 3 N–H and O–H groups in total. The Kier molecular flexibility index (Phi) is 3.33. The van der Waals surface area contributed by atoms with Crippen LogP contribution >= 0.6 is 0 Å². The summed E-state index contributed by atoms with van der Waals surface area (Å²) in [5, 5.41) is 15.4. The van der Waals surface area contributed by atoms with E-state index >= 15 is 0 Å². The van der Waals surface area contributed by atoms with Crippen LogP contribution in [0.3, 0.4) is 0 Å². The van der Waals surface area contributed by atoms with E-state index in [1.165, 1.54) is 5.56 Å². The van der Waals surface area contributed by atoms with Crippen LogP contribution in [0.5, 0.6) is 0 Å². The van der Waals surface area contributed by atoms with E-state index in [9.17, 15) is 4.79 Å². The maximum Gasteiger partial charge on any atom is 0.305 e. The lowest BCUT2D eigenvalue weighted by Gasteiger charge is -2.43. The summed E-state index contributed by atoms with van der Waals surface area (Å²) in [6.45, 7) is 3.52. The number of hydrogen-bond acceptors (Lipinski definition) is 3. The van der Waals surface area contributed by atoms with Crippen LogP contribution in [0.4, 0.5) is 5.69 Å². The maximum atomic E-state index is 10.9.